The van der Waals surface area contributed by atoms with E-state index in [4.69, 9.17) is 4.74 Å². The monoisotopic (exact) mass is 193 g/mol. The molecule has 0 fully saturated rings. The van der Waals surface area contributed by atoms with E-state index in [1.165, 1.54) is 18.4 Å². The zero-order valence-electron chi connectivity index (χ0n) is 9.29. The molecule has 1 rings (SSSR count). The third-order valence-corrected chi connectivity index (χ3v) is 2.51. The van der Waals surface area contributed by atoms with Crippen molar-refractivity contribution in [3.05, 3.63) is 23.9 Å². The highest BCUT2D eigenvalue weighted by Crippen LogP contribution is 2.23. The zero-order valence-corrected chi connectivity index (χ0v) is 9.29. The Morgan fingerprint density at radius 2 is 1.93 bits per heavy atom. The SMILES string of the molecule is CCOc1ccc(C(CC)CC)cn1. The van der Waals surface area contributed by atoms with E-state index in [2.05, 4.69) is 24.9 Å². The van der Waals surface area contributed by atoms with Gasteiger partial charge in [-0.05, 0) is 31.2 Å². The molecular weight excluding hydrogens is 174 g/mol. The molecule has 0 bridgehead atoms. The normalized spacial score (nSPS) is 10.6. The van der Waals surface area contributed by atoms with Crippen molar-refractivity contribution in [2.24, 2.45) is 0 Å². The lowest BCUT2D eigenvalue weighted by Gasteiger charge is -2.12. The molecule has 2 heteroatoms. The minimum absolute atomic E-state index is 0.637. The van der Waals surface area contributed by atoms with Gasteiger partial charge in [-0.2, -0.15) is 0 Å². The van der Waals surface area contributed by atoms with Gasteiger partial charge in [0.15, 0.2) is 0 Å². The average molecular weight is 193 g/mol. The van der Waals surface area contributed by atoms with E-state index < -0.39 is 0 Å². The molecule has 0 amide bonds. The standard InChI is InChI=1S/C12H19NO/c1-4-10(5-2)11-7-8-12(13-9-11)14-6-3/h7-10H,4-6H2,1-3H3. The molecule has 14 heavy (non-hydrogen) atoms. The number of nitrogens with zero attached hydrogens (tertiary/aromatic N) is 1. The summed E-state index contributed by atoms with van der Waals surface area (Å²) in [6.07, 6.45) is 4.28. The van der Waals surface area contributed by atoms with Gasteiger partial charge >= 0.3 is 0 Å². The Hall–Kier alpha value is -1.05. The first-order valence-electron chi connectivity index (χ1n) is 5.40. The van der Waals surface area contributed by atoms with Crippen LogP contribution in [0.1, 0.15) is 45.1 Å². The quantitative estimate of drug-likeness (QED) is 0.715. The third-order valence-electron chi connectivity index (χ3n) is 2.51. The minimum Gasteiger partial charge on any atom is -0.478 e. The summed E-state index contributed by atoms with van der Waals surface area (Å²) in [7, 11) is 0. The highest BCUT2D eigenvalue weighted by Gasteiger charge is 2.06. The van der Waals surface area contributed by atoms with Crippen molar-refractivity contribution in [2.45, 2.75) is 39.5 Å². The van der Waals surface area contributed by atoms with Gasteiger partial charge in [0.05, 0.1) is 6.61 Å². The van der Waals surface area contributed by atoms with Gasteiger partial charge in [0.25, 0.3) is 0 Å². The maximum absolute atomic E-state index is 5.30. The molecule has 1 aromatic heterocycles. The summed E-state index contributed by atoms with van der Waals surface area (Å²) in [6.45, 7) is 7.07. The van der Waals surface area contributed by atoms with E-state index in [9.17, 15) is 0 Å². The van der Waals surface area contributed by atoms with Crippen molar-refractivity contribution >= 4 is 0 Å². The van der Waals surface area contributed by atoms with Gasteiger partial charge in [0.2, 0.25) is 5.88 Å². The van der Waals surface area contributed by atoms with Crippen molar-refractivity contribution in [1.29, 1.82) is 0 Å². The fourth-order valence-electron chi connectivity index (χ4n) is 1.63. The van der Waals surface area contributed by atoms with Crippen molar-refractivity contribution < 1.29 is 4.74 Å². The highest BCUT2D eigenvalue weighted by molar-refractivity contribution is 5.21. The van der Waals surface area contributed by atoms with Gasteiger partial charge in [-0.1, -0.05) is 19.9 Å². The fraction of sp³-hybridized carbons (Fsp3) is 0.583. The number of ether oxygens (including phenoxy) is 1. The number of hydrogen-bond donors (Lipinski definition) is 0. The van der Waals surface area contributed by atoms with Crippen LogP contribution in [-0.2, 0) is 0 Å². The van der Waals surface area contributed by atoms with Gasteiger partial charge in [-0.15, -0.1) is 0 Å². The van der Waals surface area contributed by atoms with Gasteiger partial charge < -0.3 is 4.74 Å². The summed E-state index contributed by atoms with van der Waals surface area (Å²) in [4.78, 5) is 4.26. The van der Waals surface area contributed by atoms with Crippen molar-refractivity contribution in [2.75, 3.05) is 6.61 Å². The molecule has 0 saturated heterocycles. The summed E-state index contributed by atoms with van der Waals surface area (Å²) in [5.41, 5.74) is 1.32. The summed E-state index contributed by atoms with van der Waals surface area (Å²) in [5, 5.41) is 0. The van der Waals surface area contributed by atoms with Crippen LogP contribution in [0.2, 0.25) is 0 Å². The second-order valence-electron chi connectivity index (χ2n) is 3.38. The molecular formula is C12H19NO. The Kier molecular flexibility index (Phi) is 4.44. The zero-order chi connectivity index (χ0) is 10.4. The van der Waals surface area contributed by atoms with Gasteiger partial charge in [0, 0.05) is 12.3 Å². The molecule has 0 aliphatic rings. The Balaban J connectivity index is 2.71. The largest absolute Gasteiger partial charge is 0.478 e. The van der Waals surface area contributed by atoms with Gasteiger partial charge in [-0.25, -0.2) is 4.98 Å². The summed E-state index contributed by atoms with van der Waals surface area (Å²) < 4.78 is 5.30. The van der Waals surface area contributed by atoms with Crippen LogP contribution in [0, 0.1) is 0 Å². The fourth-order valence-corrected chi connectivity index (χ4v) is 1.63. The van der Waals surface area contributed by atoms with Crippen LogP contribution in [0.3, 0.4) is 0 Å². The second-order valence-corrected chi connectivity index (χ2v) is 3.38. The van der Waals surface area contributed by atoms with Crippen LogP contribution in [-0.4, -0.2) is 11.6 Å². The van der Waals surface area contributed by atoms with Gasteiger partial charge in [0.1, 0.15) is 0 Å². The first-order valence-corrected chi connectivity index (χ1v) is 5.40. The molecule has 0 atom stereocenters. The Labute approximate surface area is 86.3 Å². The van der Waals surface area contributed by atoms with E-state index in [1.807, 2.05) is 19.2 Å². The van der Waals surface area contributed by atoms with Crippen LogP contribution in [0.25, 0.3) is 0 Å². The molecule has 0 radical (unpaired) electrons. The van der Waals surface area contributed by atoms with Crippen LogP contribution in [0.4, 0.5) is 0 Å². The Morgan fingerprint density at radius 3 is 2.36 bits per heavy atom. The second kappa shape index (κ2) is 5.63. The predicted molar refractivity (Wildman–Crippen MR) is 58.7 cm³/mol. The lowest BCUT2D eigenvalue weighted by atomic mass is 9.96. The molecule has 0 aliphatic heterocycles. The molecule has 0 N–H and O–H groups in total. The topological polar surface area (TPSA) is 22.1 Å². The number of pyridine rings is 1. The molecule has 1 heterocycles. The smallest absolute Gasteiger partial charge is 0.213 e. The summed E-state index contributed by atoms with van der Waals surface area (Å²) >= 11 is 0. The molecule has 0 aliphatic carbocycles. The molecule has 0 aromatic carbocycles. The number of aromatic nitrogens is 1. The van der Waals surface area contributed by atoms with Crippen LogP contribution < -0.4 is 4.74 Å². The van der Waals surface area contributed by atoms with E-state index in [0.717, 1.165) is 5.88 Å². The predicted octanol–water partition coefficient (Wildman–Crippen LogP) is 3.38. The van der Waals surface area contributed by atoms with Crippen molar-refractivity contribution in [1.82, 2.24) is 4.98 Å². The van der Waals surface area contributed by atoms with Crippen LogP contribution in [0.15, 0.2) is 18.3 Å². The van der Waals surface area contributed by atoms with Crippen LogP contribution >= 0.6 is 0 Å². The summed E-state index contributed by atoms with van der Waals surface area (Å²) in [6, 6.07) is 4.08. The van der Waals surface area contributed by atoms with E-state index in [-0.39, 0.29) is 0 Å². The summed E-state index contributed by atoms with van der Waals surface area (Å²) in [5.74, 6) is 1.36. The van der Waals surface area contributed by atoms with Crippen molar-refractivity contribution in [3.63, 3.8) is 0 Å². The lowest BCUT2D eigenvalue weighted by molar-refractivity contribution is 0.326. The molecule has 0 saturated carbocycles. The van der Waals surface area contributed by atoms with E-state index in [0.29, 0.717) is 12.5 Å². The lowest BCUT2D eigenvalue weighted by Crippen LogP contribution is -1.98. The van der Waals surface area contributed by atoms with Gasteiger partial charge in [-0.3, -0.25) is 0 Å². The third kappa shape index (κ3) is 2.72. The van der Waals surface area contributed by atoms with Crippen molar-refractivity contribution in [3.8, 4) is 5.88 Å². The molecule has 2 nitrogen and oxygen atoms in total. The molecule has 78 valence electrons. The highest BCUT2D eigenvalue weighted by atomic mass is 16.5. The number of hydrogen-bond acceptors (Lipinski definition) is 2. The molecule has 0 spiro atoms. The Morgan fingerprint density at radius 1 is 1.21 bits per heavy atom. The first-order chi connectivity index (χ1) is 6.81. The first kappa shape index (κ1) is 11.0. The van der Waals surface area contributed by atoms with E-state index >= 15 is 0 Å². The molecule has 0 unspecified atom stereocenters. The average Bonchev–Trinajstić information content (AvgIpc) is 2.23. The molecule has 1 aromatic rings. The Bertz CT molecular complexity index is 252. The van der Waals surface area contributed by atoms with Crippen LogP contribution in [0.5, 0.6) is 5.88 Å². The van der Waals surface area contributed by atoms with E-state index in [1.54, 1.807) is 0 Å². The number of rotatable bonds is 5. The maximum atomic E-state index is 5.30. The minimum atomic E-state index is 0.637. The maximum Gasteiger partial charge on any atom is 0.213 e.